The molecule has 4 nitrogen and oxygen atoms in total. The van der Waals surface area contributed by atoms with E-state index in [2.05, 4.69) is 28.6 Å². The second kappa shape index (κ2) is 6.56. The van der Waals surface area contributed by atoms with Gasteiger partial charge in [0.05, 0.1) is 0 Å². The average Bonchev–Trinajstić information content (AvgIpc) is 2.59. The van der Waals surface area contributed by atoms with E-state index < -0.39 is 0 Å². The van der Waals surface area contributed by atoms with Gasteiger partial charge in [-0.3, -0.25) is 0 Å². The lowest BCUT2D eigenvalue weighted by atomic mass is 10.2. The molecule has 0 aromatic carbocycles. The number of rotatable bonds is 7. The predicted octanol–water partition coefficient (Wildman–Crippen LogP) is 1.90. The lowest BCUT2D eigenvalue weighted by Gasteiger charge is -2.08. The predicted molar refractivity (Wildman–Crippen MR) is 59.7 cm³/mol. The summed E-state index contributed by atoms with van der Waals surface area (Å²) in [5, 5.41) is 8.07. The highest BCUT2D eigenvalue weighted by Crippen LogP contribution is 2.04. The Kier molecular flexibility index (Phi) is 5.32. The molecule has 0 atom stereocenters. The molecule has 1 rings (SSSR count). The fourth-order valence-electron chi connectivity index (χ4n) is 1.50. The SMILES string of the molecule is CCOCCCc1nncn1CC(C)C. The second-order valence-corrected chi connectivity index (χ2v) is 4.09. The molecule has 4 heteroatoms. The van der Waals surface area contributed by atoms with Gasteiger partial charge in [-0.25, -0.2) is 0 Å². The molecule has 0 unspecified atom stereocenters. The summed E-state index contributed by atoms with van der Waals surface area (Å²) in [6, 6.07) is 0. The van der Waals surface area contributed by atoms with Crippen molar-refractivity contribution in [2.24, 2.45) is 5.92 Å². The summed E-state index contributed by atoms with van der Waals surface area (Å²) in [4.78, 5) is 0. The maximum atomic E-state index is 5.30. The zero-order chi connectivity index (χ0) is 11.1. The minimum Gasteiger partial charge on any atom is -0.382 e. The molecular weight excluding hydrogens is 190 g/mol. The number of aromatic nitrogens is 3. The Balaban J connectivity index is 2.36. The molecular formula is C11H21N3O. The quantitative estimate of drug-likeness (QED) is 0.647. The monoisotopic (exact) mass is 211 g/mol. The van der Waals surface area contributed by atoms with Gasteiger partial charge in [-0.15, -0.1) is 10.2 Å². The molecule has 0 spiro atoms. The van der Waals surface area contributed by atoms with Crippen LogP contribution in [0, 0.1) is 5.92 Å². The minimum atomic E-state index is 0.631. The molecule has 0 saturated carbocycles. The summed E-state index contributed by atoms with van der Waals surface area (Å²) in [6.45, 7) is 9.01. The Morgan fingerprint density at radius 3 is 2.93 bits per heavy atom. The molecule has 0 fully saturated rings. The number of ether oxygens (including phenoxy) is 1. The van der Waals surface area contributed by atoms with Gasteiger partial charge in [-0.2, -0.15) is 0 Å². The fraction of sp³-hybridized carbons (Fsp3) is 0.818. The van der Waals surface area contributed by atoms with Crippen LogP contribution in [0.25, 0.3) is 0 Å². The van der Waals surface area contributed by atoms with Gasteiger partial charge in [0.15, 0.2) is 0 Å². The highest BCUT2D eigenvalue weighted by Gasteiger charge is 2.05. The Labute approximate surface area is 91.7 Å². The molecule has 15 heavy (non-hydrogen) atoms. The van der Waals surface area contributed by atoms with Gasteiger partial charge >= 0.3 is 0 Å². The first kappa shape index (κ1) is 12.2. The van der Waals surface area contributed by atoms with Crippen LogP contribution in [0.15, 0.2) is 6.33 Å². The number of nitrogens with zero attached hydrogens (tertiary/aromatic N) is 3. The van der Waals surface area contributed by atoms with E-state index in [-0.39, 0.29) is 0 Å². The van der Waals surface area contributed by atoms with Crippen molar-refractivity contribution >= 4 is 0 Å². The number of aryl methyl sites for hydroxylation is 1. The van der Waals surface area contributed by atoms with Crippen LogP contribution >= 0.6 is 0 Å². The third-order valence-corrected chi connectivity index (χ3v) is 2.15. The Morgan fingerprint density at radius 1 is 1.47 bits per heavy atom. The summed E-state index contributed by atoms with van der Waals surface area (Å²) in [6.07, 6.45) is 3.79. The molecule has 0 aliphatic heterocycles. The van der Waals surface area contributed by atoms with Crippen LogP contribution in [-0.4, -0.2) is 28.0 Å². The zero-order valence-electron chi connectivity index (χ0n) is 9.94. The molecule has 1 aromatic heterocycles. The Hall–Kier alpha value is -0.900. The van der Waals surface area contributed by atoms with Gasteiger partial charge < -0.3 is 9.30 Å². The van der Waals surface area contributed by atoms with E-state index >= 15 is 0 Å². The molecule has 1 aromatic rings. The third kappa shape index (κ3) is 4.42. The highest BCUT2D eigenvalue weighted by molar-refractivity contribution is 4.86. The molecule has 0 radical (unpaired) electrons. The first-order valence-corrected chi connectivity index (χ1v) is 5.68. The van der Waals surface area contributed by atoms with Crippen LogP contribution < -0.4 is 0 Å². The normalized spacial score (nSPS) is 11.2. The van der Waals surface area contributed by atoms with Crippen molar-refractivity contribution in [3.05, 3.63) is 12.2 Å². The second-order valence-electron chi connectivity index (χ2n) is 4.09. The van der Waals surface area contributed by atoms with Gasteiger partial charge in [0.25, 0.3) is 0 Å². The van der Waals surface area contributed by atoms with E-state index in [0.29, 0.717) is 5.92 Å². The molecule has 0 amide bonds. The van der Waals surface area contributed by atoms with Crippen LogP contribution in [0.5, 0.6) is 0 Å². The molecule has 0 N–H and O–H groups in total. The van der Waals surface area contributed by atoms with E-state index in [1.165, 1.54) is 0 Å². The smallest absolute Gasteiger partial charge is 0.132 e. The van der Waals surface area contributed by atoms with E-state index in [4.69, 9.17) is 4.74 Å². The van der Waals surface area contributed by atoms with Crippen molar-refractivity contribution in [1.29, 1.82) is 0 Å². The molecule has 0 bridgehead atoms. The van der Waals surface area contributed by atoms with Crippen LogP contribution in [0.2, 0.25) is 0 Å². The van der Waals surface area contributed by atoms with Crippen LogP contribution in [0.4, 0.5) is 0 Å². The molecule has 86 valence electrons. The van der Waals surface area contributed by atoms with E-state index in [0.717, 1.165) is 38.4 Å². The van der Waals surface area contributed by atoms with Crippen molar-refractivity contribution in [3.8, 4) is 0 Å². The van der Waals surface area contributed by atoms with E-state index in [9.17, 15) is 0 Å². The van der Waals surface area contributed by atoms with Crippen molar-refractivity contribution in [2.45, 2.75) is 40.2 Å². The molecule has 0 aliphatic carbocycles. The summed E-state index contributed by atoms with van der Waals surface area (Å²) >= 11 is 0. The Morgan fingerprint density at radius 2 is 2.27 bits per heavy atom. The summed E-state index contributed by atoms with van der Waals surface area (Å²) < 4.78 is 7.43. The first-order chi connectivity index (χ1) is 7.24. The summed E-state index contributed by atoms with van der Waals surface area (Å²) in [5.41, 5.74) is 0. The minimum absolute atomic E-state index is 0.631. The molecule has 0 aliphatic rings. The van der Waals surface area contributed by atoms with Crippen molar-refractivity contribution in [3.63, 3.8) is 0 Å². The van der Waals surface area contributed by atoms with Crippen molar-refractivity contribution in [1.82, 2.24) is 14.8 Å². The molecule has 1 heterocycles. The van der Waals surface area contributed by atoms with Gasteiger partial charge in [0.1, 0.15) is 12.2 Å². The number of hydrogen-bond donors (Lipinski definition) is 0. The fourth-order valence-corrected chi connectivity index (χ4v) is 1.50. The highest BCUT2D eigenvalue weighted by atomic mass is 16.5. The maximum absolute atomic E-state index is 5.30. The lowest BCUT2D eigenvalue weighted by molar-refractivity contribution is 0.144. The lowest BCUT2D eigenvalue weighted by Crippen LogP contribution is -2.08. The topological polar surface area (TPSA) is 39.9 Å². The zero-order valence-corrected chi connectivity index (χ0v) is 9.94. The average molecular weight is 211 g/mol. The van der Waals surface area contributed by atoms with E-state index in [1.807, 2.05) is 13.3 Å². The van der Waals surface area contributed by atoms with Crippen LogP contribution in [-0.2, 0) is 17.7 Å². The Bertz CT molecular complexity index is 271. The molecule has 0 saturated heterocycles. The van der Waals surface area contributed by atoms with E-state index in [1.54, 1.807) is 0 Å². The third-order valence-electron chi connectivity index (χ3n) is 2.15. The maximum Gasteiger partial charge on any atom is 0.132 e. The van der Waals surface area contributed by atoms with Gasteiger partial charge in [-0.05, 0) is 19.3 Å². The van der Waals surface area contributed by atoms with Gasteiger partial charge in [0.2, 0.25) is 0 Å². The van der Waals surface area contributed by atoms with Crippen molar-refractivity contribution in [2.75, 3.05) is 13.2 Å². The van der Waals surface area contributed by atoms with Gasteiger partial charge in [0, 0.05) is 26.2 Å². The van der Waals surface area contributed by atoms with Crippen LogP contribution in [0.3, 0.4) is 0 Å². The largest absolute Gasteiger partial charge is 0.382 e. The first-order valence-electron chi connectivity index (χ1n) is 5.68. The van der Waals surface area contributed by atoms with Crippen molar-refractivity contribution < 1.29 is 4.74 Å². The van der Waals surface area contributed by atoms with Crippen LogP contribution in [0.1, 0.15) is 33.0 Å². The van der Waals surface area contributed by atoms with Gasteiger partial charge in [-0.1, -0.05) is 13.8 Å². The summed E-state index contributed by atoms with van der Waals surface area (Å²) in [5.74, 6) is 1.70. The summed E-state index contributed by atoms with van der Waals surface area (Å²) in [7, 11) is 0. The standard InChI is InChI=1S/C11H21N3O/c1-4-15-7-5-6-11-13-12-9-14(11)8-10(2)3/h9-10H,4-8H2,1-3H3. The number of hydrogen-bond acceptors (Lipinski definition) is 3.